The lowest BCUT2D eigenvalue weighted by atomic mass is 9.97. The van der Waals surface area contributed by atoms with E-state index in [1.165, 1.54) is 4.90 Å². The Morgan fingerprint density at radius 2 is 2.25 bits per heavy atom. The molecule has 5 nitrogen and oxygen atoms in total. The number of nitrogens with one attached hydrogen (secondary N) is 1. The molecule has 1 aliphatic heterocycles. The molecule has 0 spiro atoms. The summed E-state index contributed by atoms with van der Waals surface area (Å²) in [6.45, 7) is 3.39. The van der Waals surface area contributed by atoms with Gasteiger partial charge in [0.15, 0.2) is 0 Å². The Hall–Kier alpha value is -1.10. The number of amides is 1. The van der Waals surface area contributed by atoms with Gasteiger partial charge >= 0.3 is 5.97 Å². The van der Waals surface area contributed by atoms with Crippen LogP contribution in [0, 0.1) is 5.92 Å². The lowest BCUT2D eigenvalue weighted by molar-refractivity contribution is -0.151. The standard InChI is InChI=1S/C11H20N2O3/c1-3-9(11(15)16)13(2)10(14)8-5-4-6-12-7-8/h8-9,12H,3-7H2,1-2H3,(H,15,16)/t8-,9?/m1/s1. The molecule has 1 rings (SSSR count). The van der Waals surface area contributed by atoms with Crippen LogP contribution in [-0.4, -0.2) is 48.1 Å². The predicted molar refractivity (Wildman–Crippen MR) is 60.1 cm³/mol. The third-order valence-electron chi connectivity index (χ3n) is 3.13. The van der Waals surface area contributed by atoms with Crippen molar-refractivity contribution in [1.29, 1.82) is 0 Å². The number of hydrogen-bond acceptors (Lipinski definition) is 3. The number of carboxylic acids is 1. The Kier molecular flexibility index (Phi) is 4.73. The summed E-state index contributed by atoms with van der Waals surface area (Å²) in [5.41, 5.74) is 0. The predicted octanol–water partition coefficient (Wildman–Crippen LogP) is 0.308. The Morgan fingerprint density at radius 1 is 1.56 bits per heavy atom. The van der Waals surface area contributed by atoms with Gasteiger partial charge in [-0.1, -0.05) is 6.92 Å². The maximum absolute atomic E-state index is 12.0. The molecule has 1 saturated heterocycles. The van der Waals surface area contributed by atoms with E-state index < -0.39 is 12.0 Å². The fourth-order valence-electron chi connectivity index (χ4n) is 2.12. The summed E-state index contributed by atoms with van der Waals surface area (Å²) >= 11 is 0. The van der Waals surface area contributed by atoms with Crippen molar-refractivity contribution < 1.29 is 14.7 Å². The Labute approximate surface area is 95.8 Å². The van der Waals surface area contributed by atoms with E-state index in [1.54, 1.807) is 14.0 Å². The first-order valence-electron chi connectivity index (χ1n) is 5.78. The average molecular weight is 228 g/mol. The number of piperidine rings is 1. The summed E-state index contributed by atoms with van der Waals surface area (Å²) in [7, 11) is 1.58. The topological polar surface area (TPSA) is 69.6 Å². The van der Waals surface area contributed by atoms with Crippen LogP contribution in [-0.2, 0) is 9.59 Å². The van der Waals surface area contributed by atoms with Crippen LogP contribution in [0.2, 0.25) is 0 Å². The van der Waals surface area contributed by atoms with Gasteiger partial charge in [-0.05, 0) is 25.8 Å². The van der Waals surface area contributed by atoms with Crippen LogP contribution in [0.1, 0.15) is 26.2 Å². The third-order valence-corrected chi connectivity index (χ3v) is 3.13. The fourth-order valence-corrected chi connectivity index (χ4v) is 2.12. The molecule has 1 fully saturated rings. The molecular weight excluding hydrogens is 208 g/mol. The Morgan fingerprint density at radius 3 is 2.69 bits per heavy atom. The highest BCUT2D eigenvalue weighted by molar-refractivity contribution is 5.85. The van der Waals surface area contributed by atoms with Crippen molar-refractivity contribution in [2.45, 2.75) is 32.2 Å². The molecular formula is C11H20N2O3. The molecule has 1 aliphatic rings. The zero-order chi connectivity index (χ0) is 12.1. The minimum Gasteiger partial charge on any atom is -0.480 e. The highest BCUT2D eigenvalue weighted by atomic mass is 16.4. The molecule has 2 N–H and O–H groups in total. The fraction of sp³-hybridized carbons (Fsp3) is 0.818. The van der Waals surface area contributed by atoms with Gasteiger partial charge in [-0.15, -0.1) is 0 Å². The number of rotatable bonds is 4. The van der Waals surface area contributed by atoms with Crippen LogP contribution in [0.15, 0.2) is 0 Å². The number of hydrogen-bond donors (Lipinski definition) is 2. The first-order chi connectivity index (χ1) is 7.57. The van der Waals surface area contributed by atoms with Crippen molar-refractivity contribution in [2.75, 3.05) is 20.1 Å². The second kappa shape index (κ2) is 5.84. The monoisotopic (exact) mass is 228 g/mol. The summed E-state index contributed by atoms with van der Waals surface area (Å²) in [5, 5.41) is 12.1. The maximum atomic E-state index is 12.0. The van der Waals surface area contributed by atoms with Gasteiger partial charge in [0, 0.05) is 13.6 Å². The lowest BCUT2D eigenvalue weighted by Gasteiger charge is -2.30. The molecule has 0 saturated carbocycles. The highest BCUT2D eigenvalue weighted by Crippen LogP contribution is 2.15. The molecule has 0 aliphatic carbocycles. The zero-order valence-electron chi connectivity index (χ0n) is 9.90. The zero-order valence-corrected chi connectivity index (χ0v) is 9.90. The molecule has 5 heteroatoms. The lowest BCUT2D eigenvalue weighted by Crippen LogP contribution is -2.48. The molecule has 0 aromatic heterocycles. The third kappa shape index (κ3) is 2.95. The van der Waals surface area contributed by atoms with Gasteiger partial charge in [0.1, 0.15) is 6.04 Å². The van der Waals surface area contributed by atoms with E-state index in [0.29, 0.717) is 13.0 Å². The van der Waals surface area contributed by atoms with Gasteiger partial charge in [-0.3, -0.25) is 4.79 Å². The second-order valence-corrected chi connectivity index (χ2v) is 4.25. The van der Waals surface area contributed by atoms with Gasteiger partial charge in [-0.2, -0.15) is 0 Å². The van der Waals surface area contributed by atoms with Crippen molar-refractivity contribution in [1.82, 2.24) is 10.2 Å². The highest BCUT2D eigenvalue weighted by Gasteiger charge is 2.30. The number of carbonyl (C=O) groups excluding carboxylic acids is 1. The minimum absolute atomic E-state index is 0.0542. The summed E-state index contributed by atoms with van der Waals surface area (Å²) in [5.74, 6) is -1.05. The molecule has 2 atom stereocenters. The van der Waals surface area contributed by atoms with Crippen LogP contribution in [0.3, 0.4) is 0 Å². The second-order valence-electron chi connectivity index (χ2n) is 4.25. The molecule has 0 aromatic rings. The van der Waals surface area contributed by atoms with Crippen LogP contribution in [0.4, 0.5) is 0 Å². The van der Waals surface area contributed by atoms with Crippen LogP contribution < -0.4 is 5.32 Å². The molecule has 0 radical (unpaired) electrons. The van der Waals surface area contributed by atoms with Crippen molar-refractivity contribution in [3.05, 3.63) is 0 Å². The number of carbonyl (C=O) groups is 2. The van der Waals surface area contributed by atoms with Crippen LogP contribution in [0.25, 0.3) is 0 Å². The molecule has 16 heavy (non-hydrogen) atoms. The molecule has 0 aromatic carbocycles. The normalized spacial score (nSPS) is 22.5. The van der Waals surface area contributed by atoms with E-state index in [9.17, 15) is 9.59 Å². The minimum atomic E-state index is -0.929. The van der Waals surface area contributed by atoms with Crippen LogP contribution >= 0.6 is 0 Å². The summed E-state index contributed by atoms with van der Waals surface area (Å²) < 4.78 is 0. The van der Waals surface area contributed by atoms with E-state index >= 15 is 0 Å². The Bertz CT molecular complexity index is 262. The maximum Gasteiger partial charge on any atom is 0.326 e. The summed E-state index contributed by atoms with van der Waals surface area (Å²) in [4.78, 5) is 24.4. The van der Waals surface area contributed by atoms with Gasteiger partial charge in [0.2, 0.25) is 5.91 Å². The van der Waals surface area contributed by atoms with Crippen molar-refractivity contribution in [3.8, 4) is 0 Å². The van der Waals surface area contributed by atoms with E-state index in [1.807, 2.05) is 0 Å². The first-order valence-corrected chi connectivity index (χ1v) is 5.78. The van der Waals surface area contributed by atoms with E-state index in [2.05, 4.69) is 5.32 Å². The molecule has 92 valence electrons. The van der Waals surface area contributed by atoms with Gasteiger partial charge < -0.3 is 15.3 Å². The Balaban J connectivity index is 2.60. The van der Waals surface area contributed by atoms with E-state index in [-0.39, 0.29) is 11.8 Å². The number of aliphatic carboxylic acids is 1. The van der Waals surface area contributed by atoms with E-state index in [0.717, 1.165) is 19.4 Å². The van der Waals surface area contributed by atoms with Gasteiger partial charge in [-0.25, -0.2) is 4.79 Å². The van der Waals surface area contributed by atoms with Gasteiger partial charge in [0.05, 0.1) is 5.92 Å². The average Bonchev–Trinajstić information content (AvgIpc) is 2.29. The molecule has 1 heterocycles. The molecule has 1 amide bonds. The smallest absolute Gasteiger partial charge is 0.326 e. The SMILES string of the molecule is CCC(C(=O)O)N(C)C(=O)[C@@H]1CCCNC1. The number of nitrogens with zero attached hydrogens (tertiary/aromatic N) is 1. The number of likely N-dealkylation sites (N-methyl/N-ethyl adjacent to an activating group) is 1. The van der Waals surface area contributed by atoms with Gasteiger partial charge in [0.25, 0.3) is 0 Å². The van der Waals surface area contributed by atoms with Crippen molar-refractivity contribution in [3.63, 3.8) is 0 Å². The largest absolute Gasteiger partial charge is 0.480 e. The summed E-state index contributed by atoms with van der Waals surface area (Å²) in [6, 6.07) is -0.700. The molecule has 0 bridgehead atoms. The van der Waals surface area contributed by atoms with Crippen LogP contribution in [0.5, 0.6) is 0 Å². The summed E-state index contributed by atoms with van der Waals surface area (Å²) in [6.07, 6.45) is 2.28. The first kappa shape index (κ1) is 13.0. The molecule has 1 unspecified atom stereocenters. The van der Waals surface area contributed by atoms with Crippen molar-refractivity contribution in [2.24, 2.45) is 5.92 Å². The number of carboxylic acid groups (broad SMARTS) is 1. The van der Waals surface area contributed by atoms with E-state index in [4.69, 9.17) is 5.11 Å². The van der Waals surface area contributed by atoms with Crippen molar-refractivity contribution >= 4 is 11.9 Å². The quantitative estimate of drug-likeness (QED) is 0.726.